The van der Waals surface area contributed by atoms with Gasteiger partial charge in [-0.1, -0.05) is 26.0 Å². The molecule has 2 fully saturated rings. The molecule has 2 unspecified atom stereocenters. The predicted molar refractivity (Wildman–Crippen MR) is 96.0 cm³/mol. The SMILES string of the molecule is CC(=O)OC1=C(N)[C@@]2(C)CC[C@H]3[C@@H](CCC4CC(O)C=C[C@@]43C)[C@@H]2C1. The Balaban J connectivity index is 1.64. The summed E-state index contributed by atoms with van der Waals surface area (Å²) < 4.78 is 5.47. The van der Waals surface area contributed by atoms with Crippen molar-refractivity contribution < 1.29 is 14.6 Å². The van der Waals surface area contributed by atoms with Gasteiger partial charge in [-0.2, -0.15) is 0 Å². The Bertz CT molecular complexity index is 654. The van der Waals surface area contributed by atoms with Gasteiger partial charge >= 0.3 is 5.97 Å². The van der Waals surface area contributed by atoms with Crippen molar-refractivity contribution in [2.75, 3.05) is 0 Å². The van der Waals surface area contributed by atoms with E-state index >= 15 is 0 Å². The first-order valence-corrected chi connectivity index (χ1v) is 9.80. The van der Waals surface area contributed by atoms with E-state index in [2.05, 4.69) is 19.9 Å². The van der Waals surface area contributed by atoms with E-state index in [-0.39, 0.29) is 22.9 Å². The number of rotatable bonds is 1. The molecule has 2 saturated carbocycles. The summed E-state index contributed by atoms with van der Waals surface area (Å²) in [6.07, 6.45) is 10.4. The summed E-state index contributed by atoms with van der Waals surface area (Å²) in [5, 5.41) is 10.0. The van der Waals surface area contributed by atoms with Gasteiger partial charge < -0.3 is 15.6 Å². The molecule has 0 aromatic heterocycles. The second-order valence-corrected chi connectivity index (χ2v) is 9.27. The van der Waals surface area contributed by atoms with Crippen LogP contribution in [0.5, 0.6) is 0 Å². The maximum atomic E-state index is 11.5. The molecule has 0 spiro atoms. The molecule has 4 heteroatoms. The number of hydrogen-bond donors (Lipinski definition) is 2. The summed E-state index contributed by atoms with van der Waals surface area (Å²) in [7, 11) is 0. The van der Waals surface area contributed by atoms with Crippen molar-refractivity contribution in [3.63, 3.8) is 0 Å². The lowest BCUT2D eigenvalue weighted by Gasteiger charge is -2.58. The molecular formula is C21H31NO3. The predicted octanol–water partition coefficient (Wildman–Crippen LogP) is 3.51. The maximum absolute atomic E-state index is 11.5. The molecule has 4 aliphatic carbocycles. The molecule has 7 atom stereocenters. The third kappa shape index (κ3) is 2.40. The minimum atomic E-state index is -0.275. The van der Waals surface area contributed by atoms with E-state index in [4.69, 9.17) is 10.5 Å². The Morgan fingerprint density at radius 3 is 2.76 bits per heavy atom. The van der Waals surface area contributed by atoms with Crippen LogP contribution >= 0.6 is 0 Å². The van der Waals surface area contributed by atoms with Gasteiger partial charge in [-0.05, 0) is 61.2 Å². The van der Waals surface area contributed by atoms with Crippen LogP contribution in [0.2, 0.25) is 0 Å². The molecular weight excluding hydrogens is 314 g/mol. The molecule has 0 aliphatic heterocycles. The number of nitrogens with two attached hydrogens (primary N) is 1. The number of carbonyl (C=O) groups excluding carboxylic acids is 1. The summed E-state index contributed by atoms with van der Waals surface area (Å²) in [6.45, 7) is 6.13. The molecule has 4 nitrogen and oxygen atoms in total. The van der Waals surface area contributed by atoms with E-state index in [0.717, 1.165) is 30.7 Å². The number of allylic oxidation sites excluding steroid dienone is 3. The number of carbonyl (C=O) groups is 1. The van der Waals surface area contributed by atoms with Crippen LogP contribution in [0.3, 0.4) is 0 Å². The van der Waals surface area contributed by atoms with Crippen molar-refractivity contribution >= 4 is 5.97 Å². The quantitative estimate of drug-likeness (QED) is 0.563. The lowest BCUT2D eigenvalue weighted by molar-refractivity contribution is -0.137. The van der Waals surface area contributed by atoms with Crippen molar-refractivity contribution in [2.24, 2.45) is 40.2 Å². The lowest BCUT2D eigenvalue weighted by Crippen LogP contribution is -2.52. The van der Waals surface area contributed by atoms with E-state index in [1.807, 2.05) is 6.08 Å². The van der Waals surface area contributed by atoms with Gasteiger partial charge in [0.1, 0.15) is 5.76 Å². The van der Waals surface area contributed by atoms with Crippen molar-refractivity contribution in [3.05, 3.63) is 23.6 Å². The van der Waals surface area contributed by atoms with Crippen molar-refractivity contribution in [3.8, 4) is 0 Å². The van der Waals surface area contributed by atoms with Gasteiger partial charge in [-0.3, -0.25) is 4.79 Å². The van der Waals surface area contributed by atoms with Crippen LogP contribution in [0.1, 0.15) is 59.3 Å². The monoisotopic (exact) mass is 345 g/mol. The summed E-state index contributed by atoms with van der Waals surface area (Å²) in [5.41, 5.74) is 7.44. The molecule has 0 amide bonds. The molecule has 3 N–H and O–H groups in total. The van der Waals surface area contributed by atoms with Crippen LogP contribution in [-0.2, 0) is 9.53 Å². The molecule has 138 valence electrons. The van der Waals surface area contributed by atoms with Gasteiger partial charge in [0.05, 0.1) is 11.8 Å². The topological polar surface area (TPSA) is 72.5 Å². The number of fused-ring (bicyclic) bond motifs is 5. The van der Waals surface area contributed by atoms with Gasteiger partial charge in [0, 0.05) is 18.8 Å². The smallest absolute Gasteiger partial charge is 0.307 e. The maximum Gasteiger partial charge on any atom is 0.307 e. The zero-order valence-corrected chi connectivity index (χ0v) is 15.6. The van der Waals surface area contributed by atoms with Crippen LogP contribution in [0.4, 0.5) is 0 Å². The zero-order valence-electron chi connectivity index (χ0n) is 15.6. The summed E-state index contributed by atoms with van der Waals surface area (Å²) in [5.74, 6) is 2.76. The van der Waals surface area contributed by atoms with Crippen LogP contribution in [0.25, 0.3) is 0 Å². The fraction of sp³-hybridized carbons (Fsp3) is 0.762. The average Bonchev–Trinajstić information content (AvgIpc) is 2.79. The van der Waals surface area contributed by atoms with Gasteiger partial charge in [-0.15, -0.1) is 0 Å². The zero-order chi connectivity index (χ0) is 18.0. The summed E-state index contributed by atoms with van der Waals surface area (Å²) in [6, 6.07) is 0. The fourth-order valence-electron chi connectivity index (χ4n) is 6.72. The molecule has 4 rings (SSSR count). The largest absolute Gasteiger partial charge is 0.429 e. The third-order valence-electron chi connectivity index (χ3n) is 8.15. The number of hydrogen-bond acceptors (Lipinski definition) is 4. The molecule has 0 aromatic carbocycles. The molecule has 0 radical (unpaired) electrons. The highest BCUT2D eigenvalue weighted by molar-refractivity contribution is 5.67. The minimum Gasteiger partial charge on any atom is -0.429 e. The standard InChI is InChI=1S/C21H31NO3/c1-12(23)25-18-11-17-15-5-4-13-10-14(24)6-8-20(13,2)16(15)7-9-21(17,3)19(18)22/h6,8,13-17,24H,4-5,7,9-11,22H2,1-3H3/t13?,14?,15-,16+,17+,20+,21+/m1/s1. The van der Waals surface area contributed by atoms with Crippen LogP contribution in [0, 0.1) is 34.5 Å². The molecule has 25 heavy (non-hydrogen) atoms. The van der Waals surface area contributed by atoms with Crippen LogP contribution in [-0.4, -0.2) is 17.2 Å². The van der Waals surface area contributed by atoms with Gasteiger partial charge in [-0.25, -0.2) is 0 Å². The second-order valence-electron chi connectivity index (χ2n) is 9.27. The van der Waals surface area contributed by atoms with E-state index in [1.165, 1.54) is 26.2 Å². The number of aliphatic hydroxyl groups excluding tert-OH is 1. The molecule has 0 saturated heterocycles. The summed E-state index contributed by atoms with van der Waals surface area (Å²) in [4.78, 5) is 11.5. The summed E-state index contributed by atoms with van der Waals surface area (Å²) >= 11 is 0. The van der Waals surface area contributed by atoms with E-state index < -0.39 is 0 Å². The Kier molecular flexibility index (Phi) is 3.84. The van der Waals surface area contributed by atoms with Crippen LogP contribution < -0.4 is 5.73 Å². The molecule has 4 aliphatic rings. The lowest BCUT2D eigenvalue weighted by atomic mass is 9.46. The molecule has 0 heterocycles. The van der Waals surface area contributed by atoms with E-state index in [0.29, 0.717) is 23.7 Å². The second kappa shape index (κ2) is 5.60. The molecule has 0 bridgehead atoms. The number of esters is 1. The van der Waals surface area contributed by atoms with E-state index in [9.17, 15) is 9.90 Å². The van der Waals surface area contributed by atoms with Gasteiger partial charge in [0.2, 0.25) is 0 Å². The van der Waals surface area contributed by atoms with Gasteiger partial charge in [0.25, 0.3) is 0 Å². The Morgan fingerprint density at radius 1 is 1.28 bits per heavy atom. The first-order valence-electron chi connectivity index (χ1n) is 9.80. The first kappa shape index (κ1) is 17.1. The Morgan fingerprint density at radius 2 is 2.04 bits per heavy atom. The van der Waals surface area contributed by atoms with E-state index in [1.54, 1.807) is 0 Å². The number of ether oxygens (including phenoxy) is 1. The Labute approximate surface area is 150 Å². The van der Waals surface area contributed by atoms with Crippen molar-refractivity contribution in [1.29, 1.82) is 0 Å². The van der Waals surface area contributed by atoms with Crippen molar-refractivity contribution in [1.82, 2.24) is 0 Å². The molecule has 0 aromatic rings. The number of aliphatic hydroxyl groups is 1. The highest BCUT2D eigenvalue weighted by Crippen LogP contribution is 2.65. The highest BCUT2D eigenvalue weighted by atomic mass is 16.5. The fourth-order valence-corrected chi connectivity index (χ4v) is 6.72. The normalized spacial score (nSPS) is 48.6. The highest BCUT2D eigenvalue weighted by Gasteiger charge is 2.59. The third-order valence-corrected chi connectivity index (χ3v) is 8.15. The minimum absolute atomic E-state index is 0.0347. The first-order chi connectivity index (χ1) is 11.8. The van der Waals surface area contributed by atoms with Crippen molar-refractivity contribution in [2.45, 2.75) is 65.4 Å². The average molecular weight is 345 g/mol. The van der Waals surface area contributed by atoms with Gasteiger partial charge in [0.15, 0.2) is 0 Å². The Hall–Kier alpha value is -1.29. The van der Waals surface area contributed by atoms with Crippen LogP contribution in [0.15, 0.2) is 23.6 Å².